The minimum absolute atomic E-state index is 0.143. The Bertz CT molecular complexity index is 1440. The largest absolute Gasteiger partial charge is 0.481 e. The molecule has 0 aliphatic carbocycles. The number of hydrogen-bond acceptors (Lipinski definition) is 4. The van der Waals surface area contributed by atoms with Gasteiger partial charge < -0.3 is 5.11 Å². The van der Waals surface area contributed by atoms with Crippen LogP contribution in [0.3, 0.4) is 0 Å². The van der Waals surface area contributed by atoms with Crippen molar-refractivity contribution in [2.45, 2.75) is 18.1 Å². The minimum atomic E-state index is -4.15. The van der Waals surface area contributed by atoms with Crippen LogP contribution >= 0.6 is 11.6 Å². The lowest BCUT2D eigenvalue weighted by Gasteiger charge is -2.20. The number of aromatic nitrogens is 2. The standard InChI is InChI=1S/C23H19ClN2O4S/c1-3-21(18-8-4-6-15-7-5-11-25-22(15)18)31(29,30)26-19-10-9-17(24)12-16(19)13-20(26)14(2)23(27)28/h3-14,21H,1H2,2H3,(H,27,28). The molecule has 31 heavy (non-hydrogen) atoms. The van der Waals surface area contributed by atoms with Crippen LogP contribution in [0.4, 0.5) is 0 Å². The van der Waals surface area contributed by atoms with Crippen molar-refractivity contribution in [3.05, 3.63) is 89.7 Å². The lowest BCUT2D eigenvalue weighted by Crippen LogP contribution is -2.24. The number of benzene rings is 2. The molecule has 4 rings (SSSR count). The molecule has 4 aromatic rings. The van der Waals surface area contributed by atoms with E-state index in [9.17, 15) is 18.3 Å². The predicted molar refractivity (Wildman–Crippen MR) is 122 cm³/mol. The van der Waals surface area contributed by atoms with Gasteiger partial charge in [-0.1, -0.05) is 41.9 Å². The van der Waals surface area contributed by atoms with Gasteiger partial charge >= 0.3 is 5.97 Å². The zero-order valence-corrected chi connectivity index (χ0v) is 18.1. The van der Waals surface area contributed by atoms with Crippen molar-refractivity contribution in [3.8, 4) is 0 Å². The molecule has 2 aromatic heterocycles. The van der Waals surface area contributed by atoms with E-state index in [1.54, 1.807) is 48.7 Å². The smallest absolute Gasteiger partial charge is 0.312 e. The maximum absolute atomic E-state index is 14.0. The van der Waals surface area contributed by atoms with E-state index in [1.807, 2.05) is 12.1 Å². The third-order valence-electron chi connectivity index (χ3n) is 5.32. The second-order valence-electron chi connectivity index (χ2n) is 7.22. The number of carboxylic acids is 1. The number of aliphatic carboxylic acids is 1. The molecule has 0 bridgehead atoms. The van der Waals surface area contributed by atoms with E-state index < -0.39 is 27.2 Å². The summed E-state index contributed by atoms with van der Waals surface area (Å²) in [4.78, 5) is 16.1. The second kappa shape index (κ2) is 7.83. The summed E-state index contributed by atoms with van der Waals surface area (Å²) in [6.45, 7) is 5.22. The molecular formula is C23H19ClN2O4S. The summed E-state index contributed by atoms with van der Waals surface area (Å²) in [5, 5.41) is 10.2. The normalized spacial score (nSPS) is 13.9. The topological polar surface area (TPSA) is 89.3 Å². The fourth-order valence-electron chi connectivity index (χ4n) is 3.77. The van der Waals surface area contributed by atoms with Crippen molar-refractivity contribution in [3.63, 3.8) is 0 Å². The number of hydrogen-bond donors (Lipinski definition) is 1. The number of fused-ring (bicyclic) bond motifs is 2. The summed E-state index contributed by atoms with van der Waals surface area (Å²) in [5.74, 6) is -2.19. The molecule has 2 unspecified atom stereocenters. The molecule has 2 heterocycles. The third-order valence-corrected chi connectivity index (χ3v) is 7.56. The van der Waals surface area contributed by atoms with E-state index in [-0.39, 0.29) is 5.69 Å². The monoisotopic (exact) mass is 454 g/mol. The molecule has 1 N–H and O–H groups in total. The molecule has 0 fully saturated rings. The molecule has 2 aromatic carbocycles. The Labute approximate surface area is 184 Å². The fourth-order valence-corrected chi connectivity index (χ4v) is 5.88. The molecule has 0 amide bonds. The number of halogens is 1. The van der Waals surface area contributed by atoms with Crippen LogP contribution in [-0.4, -0.2) is 28.5 Å². The fraction of sp³-hybridized carbons (Fsp3) is 0.130. The minimum Gasteiger partial charge on any atom is -0.481 e. The van der Waals surface area contributed by atoms with E-state index >= 15 is 0 Å². The van der Waals surface area contributed by atoms with Gasteiger partial charge in [-0.25, -0.2) is 12.4 Å². The number of rotatable bonds is 6. The first-order valence-corrected chi connectivity index (χ1v) is 11.4. The van der Waals surface area contributed by atoms with E-state index in [2.05, 4.69) is 11.6 Å². The summed E-state index contributed by atoms with van der Waals surface area (Å²) in [7, 11) is -4.15. The first kappa shape index (κ1) is 21.1. The molecule has 2 atom stereocenters. The van der Waals surface area contributed by atoms with Gasteiger partial charge in [-0.05, 0) is 37.3 Å². The SMILES string of the molecule is C=CC(c1cccc2cccnc12)S(=O)(=O)n1c(C(C)C(=O)O)cc2cc(Cl)ccc21. The number of para-hydroxylation sites is 1. The van der Waals surface area contributed by atoms with Crippen LogP contribution < -0.4 is 0 Å². The molecule has 8 heteroatoms. The van der Waals surface area contributed by atoms with Crippen LogP contribution in [-0.2, 0) is 14.8 Å². The highest BCUT2D eigenvalue weighted by atomic mass is 35.5. The van der Waals surface area contributed by atoms with Crippen LogP contribution in [0.2, 0.25) is 5.02 Å². The molecule has 158 valence electrons. The highest BCUT2D eigenvalue weighted by molar-refractivity contribution is 7.90. The average molecular weight is 455 g/mol. The predicted octanol–water partition coefficient (Wildman–Crippen LogP) is 5.14. The maximum atomic E-state index is 14.0. The zero-order chi connectivity index (χ0) is 22.3. The lowest BCUT2D eigenvalue weighted by atomic mass is 10.1. The summed E-state index contributed by atoms with van der Waals surface area (Å²) in [6.07, 6.45) is 2.94. The Hall–Kier alpha value is -3.16. The summed E-state index contributed by atoms with van der Waals surface area (Å²) >= 11 is 6.09. The Morgan fingerprint density at radius 2 is 1.90 bits per heavy atom. The van der Waals surface area contributed by atoms with Crippen LogP contribution in [0.5, 0.6) is 0 Å². The highest BCUT2D eigenvalue weighted by Gasteiger charge is 2.33. The second-order valence-corrected chi connectivity index (χ2v) is 9.56. The Balaban J connectivity index is 2.02. The summed E-state index contributed by atoms with van der Waals surface area (Å²) in [5.41, 5.74) is 1.51. The number of carboxylic acid groups (broad SMARTS) is 1. The van der Waals surface area contributed by atoms with Gasteiger partial charge in [-0.15, -0.1) is 6.58 Å². The summed E-state index contributed by atoms with van der Waals surface area (Å²) < 4.78 is 29.0. The molecule has 0 radical (unpaired) electrons. The first-order chi connectivity index (χ1) is 14.8. The summed E-state index contributed by atoms with van der Waals surface area (Å²) in [6, 6.07) is 15.3. The van der Waals surface area contributed by atoms with Gasteiger partial charge in [0, 0.05) is 33.2 Å². The Morgan fingerprint density at radius 1 is 1.16 bits per heavy atom. The van der Waals surface area contributed by atoms with Crippen molar-refractivity contribution in [2.24, 2.45) is 0 Å². The van der Waals surface area contributed by atoms with Gasteiger partial charge in [0.1, 0.15) is 5.25 Å². The van der Waals surface area contributed by atoms with Crippen molar-refractivity contribution in [1.29, 1.82) is 0 Å². The van der Waals surface area contributed by atoms with Crippen LogP contribution in [0.15, 0.2) is 73.4 Å². The van der Waals surface area contributed by atoms with E-state index in [0.717, 1.165) is 9.36 Å². The van der Waals surface area contributed by atoms with E-state index in [4.69, 9.17) is 11.6 Å². The van der Waals surface area contributed by atoms with Crippen molar-refractivity contribution >= 4 is 49.4 Å². The number of carbonyl (C=O) groups is 1. The average Bonchev–Trinajstić information content (AvgIpc) is 3.13. The molecule has 0 aliphatic heterocycles. The molecule has 0 saturated heterocycles. The van der Waals surface area contributed by atoms with E-state index in [1.165, 1.54) is 13.0 Å². The van der Waals surface area contributed by atoms with Crippen LogP contribution in [0, 0.1) is 0 Å². The molecular weight excluding hydrogens is 436 g/mol. The van der Waals surface area contributed by atoms with Gasteiger partial charge in [-0.3, -0.25) is 9.78 Å². The van der Waals surface area contributed by atoms with Crippen molar-refractivity contribution in [2.75, 3.05) is 0 Å². The van der Waals surface area contributed by atoms with Gasteiger partial charge in [0.15, 0.2) is 0 Å². The Morgan fingerprint density at radius 3 is 2.61 bits per heavy atom. The highest BCUT2D eigenvalue weighted by Crippen LogP contribution is 2.36. The number of pyridine rings is 1. The van der Waals surface area contributed by atoms with Crippen molar-refractivity contribution in [1.82, 2.24) is 8.96 Å². The van der Waals surface area contributed by atoms with Gasteiger partial charge in [0.2, 0.25) is 10.0 Å². The van der Waals surface area contributed by atoms with Gasteiger partial charge in [0.05, 0.1) is 17.0 Å². The molecule has 0 spiro atoms. The molecule has 6 nitrogen and oxygen atoms in total. The number of nitrogens with zero attached hydrogens (tertiary/aromatic N) is 2. The third kappa shape index (κ3) is 3.49. The van der Waals surface area contributed by atoms with Crippen molar-refractivity contribution < 1.29 is 18.3 Å². The maximum Gasteiger partial charge on any atom is 0.312 e. The zero-order valence-electron chi connectivity index (χ0n) is 16.6. The van der Waals surface area contributed by atoms with Crippen LogP contribution in [0.25, 0.3) is 21.8 Å². The quantitative estimate of drug-likeness (QED) is 0.407. The first-order valence-electron chi connectivity index (χ1n) is 9.50. The van der Waals surface area contributed by atoms with Crippen LogP contribution in [0.1, 0.15) is 29.3 Å². The van der Waals surface area contributed by atoms with E-state index in [0.29, 0.717) is 27.0 Å². The molecule has 0 saturated carbocycles. The molecule has 0 aliphatic rings. The van der Waals surface area contributed by atoms with Gasteiger partial charge in [0.25, 0.3) is 0 Å². The lowest BCUT2D eigenvalue weighted by molar-refractivity contribution is -0.138. The van der Waals surface area contributed by atoms with Gasteiger partial charge in [-0.2, -0.15) is 0 Å². The Kier molecular flexibility index (Phi) is 5.33.